The quantitative estimate of drug-likeness (QED) is 0.323. The first-order valence-electron chi connectivity index (χ1n) is 10.2. The summed E-state index contributed by atoms with van der Waals surface area (Å²) in [6, 6.07) is 16.4. The maximum absolute atomic E-state index is 14.0. The number of aromatic hydroxyl groups is 1. The largest absolute Gasteiger partial charge is 0.507 e. The summed E-state index contributed by atoms with van der Waals surface area (Å²) in [5.74, 6) is 1.21. The first-order chi connectivity index (χ1) is 16.1. The van der Waals surface area contributed by atoms with Gasteiger partial charge < -0.3 is 19.3 Å². The zero-order valence-corrected chi connectivity index (χ0v) is 18.4. The zero-order valence-electron chi connectivity index (χ0n) is 17.7. The van der Waals surface area contributed by atoms with E-state index in [2.05, 4.69) is 9.97 Å². The van der Waals surface area contributed by atoms with E-state index in [9.17, 15) is 9.50 Å². The van der Waals surface area contributed by atoms with Crippen molar-refractivity contribution in [2.75, 3.05) is 6.61 Å². The molecule has 0 fully saturated rings. The van der Waals surface area contributed by atoms with Crippen LogP contribution in [0.4, 0.5) is 4.39 Å². The first kappa shape index (κ1) is 22.4. The average Bonchev–Trinajstić information content (AvgIpc) is 2.81. The van der Waals surface area contributed by atoms with Crippen LogP contribution in [0, 0.1) is 5.82 Å². The maximum atomic E-state index is 14.0. The number of para-hydroxylation sites is 2. The molecule has 8 heteroatoms. The van der Waals surface area contributed by atoms with Crippen molar-refractivity contribution in [1.82, 2.24) is 9.97 Å². The number of rotatable bonds is 8. The van der Waals surface area contributed by atoms with E-state index < -0.39 is 5.82 Å². The van der Waals surface area contributed by atoms with E-state index in [4.69, 9.17) is 25.8 Å². The van der Waals surface area contributed by atoms with Gasteiger partial charge in [0.1, 0.15) is 35.9 Å². The molecule has 4 aromatic rings. The third kappa shape index (κ3) is 5.15. The number of hydrogen-bond donors (Lipinski definition) is 1. The summed E-state index contributed by atoms with van der Waals surface area (Å²) < 4.78 is 31.2. The van der Waals surface area contributed by atoms with E-state index in [-0.39, 0.29) is 22.9 Å². The van der Waals surface area contributed by atoms with E-state index in [0.29, 0.717) is 40.9 Å². The molecule has 0 atom stereocenters. The van der Waals surface area contributed by atoms with Crippen LogP contribution in [0.2, 0.25) is 5.02 Å². The second-order valence-corrected chi connectivity index (χ2v) is 7.29. The van der Waals surface area contributed by atoms with Crippen molar-refractivity contribution in [3.63, 3.8) is 0 Å². The first-order valence-corrected chi connectivity index (χ1v) is 10.5. The molecule has 168 valence electrons. The molecule has 0 spiro atoms. The molecule has 4 rings (SSSR count). The van der Waals surface area contributed by atoms with Crippen LogP contribution in [-0.2, 0) is 6.61 Å². The highest BCUT2D eigenvalue weighted by Gasteiger charge is 2.16. The minimum atomic E-state index is -0.460. The number of aromatic nitrogens is 2. The van der Waals surface area contributed by atoms with Crippen LogP contribution in [0.3, 0.4) is 0 Å². The summed E-state index contributed by atoms with van der Waals surface area (Å²) in [5, 5.41) is 10.9. The fourth-order valence-corrected chi connectivity index (χ4v) is 3.37. The standard InChI is InChI=1S/C25H20ClFN2O4/c1-2-31-22-8-3-4-9-23(22)33-24-13-28-15-29-25(24)17-11-10-16(12-21(17)30)32-14-18-19(26)6-5-7-20(18)27/h3-13,15,30H,2,14H2,1H3. The fourth-order valence-electron chi connectivity index (χ4n) is 3.15. The number of phenols is 1. The van der Waals surface area contributed by atoms with Crippen molar-refractivity contribution in [2.45, 2.75) is 13.5 Å². The van der Waals surface area contributed by atoms with Crippen LogP contribution in [0.25, 0.3) is 11.3 Å². The summed E-state index contributed by atoms with van der Waals surface area (Å²) in [6.45, 7) is 2.29. The predicted octanol–water partition coefficient (Wildman–Crippen LogP) is 6.41. The van der Waals surface area contributed by atoms with E-state index in [1.165, 1.54) is 30.7 Å². The molecule has 0 saturated heterocycles. The van der Waals surface area contributed by atoms with Crippen LogP contribution in [-0.4, -0.2) is 21.7 Å². The minimum Gasteiger partial charge on any atom is -0.507 e. The Balaban J connectivity index is 1.58. The zero-order chi connectivity index (χ0) is 23.2. The number of nitrogens with zero attached hydrogens (tertiary/aromatic N) is 2. The highest BCUT2D eigenvalue weighted by molar-refractivity contribution is 6.31. The lowest BCUT2D eigenvalue weighted by atomic mass is 10.1. The van der Waals surface area contributed by atoms with E-state index in [0.717, 1.165) is 0 Å². The van der Waals surface area contributed by atoms with Gasteiger partial charge in [-0.1, -0.05) is 29.8 Å². The van der Waals surface area contributed by atoms with Gasteiger partial charge in [-0.2, -0.15) is 0 Å². The monoisotopic (exact) mass is 466 g/mol. The number of ether oxygens (including phenoxy) is 3. The lowest BCUT2D eigenvalue weighted by Gasteiger charge is -2.14. The second-order valence-electron chi connectivity index (χ2n) is 6.89. The molecule has 0 aliphatic rings. The molecule has 0 unspecified atom stereocenters. The number of phenolic OH excluding ortho intramolecular Hbond substituents is 1. The molecule has 0 aliphatic heterocycles. The summed E-state index contributed by atoms with van der Waals surface area (Å²) in [7, 11) is 0. The van der Waals surface area contributed by atoms with Crippen molar-refractivity contribution >= 4 is 11.6 Å². The molecule has 0 saturated carbocycles. The van der Waals surface area contributed by atoms with Crippen molar-refractivity contribution < 1.29 is 23.7 Å². The van der Waals surface area contributed by atoms with Crippen LogP contribution in [0.5, 0.6) is 28.7 Å². The molecule has 0 amide bonds. The highest BCUT2D eigenvalue weighted by Crippen LogP contribution is 2.39. The van der Waals surface area contributed by atoms with Crippen molar-refractivity contribution in [2.24, 2.45) is 0 Å². The van der Waals surface area contributed by atoms with E-state index >= 15 is 0 Å². The Morgan fingerprint density at radius 1 is 0.970 bits per heavy atom. The van der Waals surface area contributed by atoms with E-state index in [1.807, 2.05) is 19.1 Å². The SMILES string of the molecule is CCOc1ccccc1Oc1cncnc1-c1ccc(OCc2c(F)cccc2Cl)cc1O. The number of halogens is 2. The van der Waals surface area contributed by atoms with Crippen LogP contribution >= 0.6 is 11.6 Å². The lowest BCUT2D eigenvalue weighted by molar-refractivity contribution is 0.298. The Labute approximate surface area is 195 Å². The number of benzene rings is 3. The predicted molar refractivity (Wildman–Crippen MR) is 123 cm³/mol. The molecular formula is C25H20ClFN2O4. The normalized spacial score (nSPS) is 10.6. The Bertz CT molecular complexity index is 1250. The Morgan fingerprint density at radius 2 is 1.79 bits per heavy atom. The van der Waals surface area contributed by atoms with E-state index in [1.54, 1.807) is 30.3 Å². The van der Waals surface area contributed by atoms with Gasteiger partial charge in [-0.3, -0.25) is 0 Å². The van der Waals surface area contributed by atoms with Gasteiger partial charge in [-0.05, 0) is 43.3 Å². The third-order valence-electron chi connectivity index (χ3n) is 4.72. The van der Waals surface area contributed by atoms with Gasteiger partial charge >= 0.3 is 0 Å². The molecule has 0 radical (unpaired) electrons. The van der Waals surface area contributed by atoms with Crippen LogP contribution < -0.4 is 14.2 Å². The molecular weight excluding hydrogens is 447 g/mol. The Hall–Kier alpha value is -3.84. The highest BCUT2D eigenvalue weighted by atomic mass is 35.5. The summed E-state index contributed by atoms with van der Waals surface area (Å²) in [4.78, 5) is 8.32. The summed E-state index contributed by atoms with van der Waals surface area (Å²) >= 11 is 6.04. The van der Waals surface area contributed by atoms with Gasteiger partial charge in [0.05, 0.1) is 17.8 Å². The van der Waals surface area contributed by atoms with Gasteiger partial charge in [-0.15, -0.1) is 0 Å². The smallest absolute Gasteiger partial charge is 0.172 e. The fraction of sp³-hybridized carbons (Fsp3) is 0.120. The van der Waals surface area contributed by atoms with Crippen molar-refractivity contribution in [1.29, 1.82) is 0 Å². The van der Waals surface area contributed by atoms with Crippen LogP contribution in [0.1, 0.15) is 12.5 Å². The third-order valence-corrected chi connectivity index (χ3v) is 5.07. The maximum Gasteiger partial charge on any atom is 0.172 e. The Morgan fingerprint density at radius 3 is 2.55 bits per heavy atom. The topological polar surface area (TPSA) is 73.7 Å². The minimum absolute atomic E-state index is 0.0830. The summed E-state index contributed by atoms with van der Waals surface area (Å²) in [5.41, 5.74) is 1.04. The molecule has 0 aliphatic carbocycles. The van der Waals surface area contributed by atoms with Crippen molar-refractivity contribution in [3.8, 4) is 40.0 Å². The van der Waals surface area contributed by atoms with Gasteiger partial charge in [0.2, 0.25) is 0 Å². The molecule has 1 aromatic heterocycles. The van der Waals surface area contributed by atoms with Gasteiger partial charge in [0, 0.05) is 17.2 Å². The van der Waals surface area contributed by atoms with Crippen molar-refractivity contribution in [3.05, 3.63) is 89.6 Å². The van der Waals surface area contributed by atoms with Gasteiger partial charge in [0.25, 0.3) is 0 Å². The molecule has 6 nitrogen and oxygen atoms in total. The molecule has 1 N–H and O–H groups in total. The molecule has 0 bridgehead atoms. The van der Waals surface area contributed by atoms with Gasteiger partial charge in [0.15, 0.2) is 17.2 Å². The molecule has 3 aromatic carbocycles. The van der Waals surface area contributed by atoms with Gasteiger partial charge in [-0.25, -0.2) is 14.4 Å². The van der Waals surface area contributed by atoms with Crippen LogP contribution in [0.15, 0.2) is 73.2 Å². The molecule has 1 heterocycles. The average molecular weight is 467 g/mol. The second kappa shape index (κ2) is 10.2. The number of hydrogen-bond acceptors (Lipinski definition) is 6. The molecule has 33 heavy (non-hydrogen) atoms. The Kier molecular flexibility index (Phi) is 6.90. The summed E-state index contributed by atoms with van der Waals surface area (Å²) in [6.07, 6.45) is 2.87. The lowest BCUT2D eigenvalue weighted by Crippen LogP contribution is -2.00.